The molecule has 0 saturated carbocycles. The molecule has 21 heavy (non-hydrogen) atoms. The summed E-state index contributed by atoms with van der Waals surface area (Å²) in [5, 5.41) is 12.6. The molecule has 1 fully saturated rings. The summed E-state index contributed by atoms with van der Waals surface area (Å²) < 4.78 is 0.559. The highest BCUT2D eigenvalue weighted by Gasteiger charge is 2.26. The smallest absolute Gasteiger partial charge is 0.335 e. The number of rotatable bonds is 2. The molecule has 1 aliphatic heterocycles. The fourth-order valence-corrected chi connectivity index (χ4v) is 4.09. The van der Waals surface area contributed by atoms with Crippen LogP contribution in [0.3, 0.4) is 0 Å². The number of nitrogens with zero attached hydrogens (tertiary/aromatic N) is 1. The Kier molecular flexibility index (Phi) is 5.16. The van der Waals surface area contributed by atoms with Crippen LogP contribution in [0.25, 0.3) is 0 Å². The number of hydrogen-bond donors (Lipinski definition) is 2. The predicted octanol–water partition coefficient (Wildman–Crippen LogP) is 3.51. The van der Waals surface area contributed by atoms with Gasteiger partial charge in [-0.3, -0.25) is 0 Å². The number of urea groups is 1. The summed E-state index contributed by atoms with van der Waals surface area (Å²) in [6.45, 7) is 5.65. The molecule has 0 bridgehead atoms. The number of amides is 2. The van der Waals surface area contributed by atoms with Crippen LogP contribution in [0.4, 0.5) is 10.5 Å². The van der Waals surface area contributed by atoms with Crippen LogP contribution in [0.2, 0.25) is 0 Å². The maximum absolute atomic E-state index is 12.3. The van der Waals surface area contributed by atoms with E-state index in [-0.39, 0.29) is 11.6 Å². The first-order valence-electron chi connectivity index (χ1n) is 6.61. The highest BCUT2D eigenvalue weighted by molar-refractivity contribution is 9.10. The predicted molar refractivity (Wildman–Crippen MR) is 88.2 cm³/mol. The van der Waals surface area contributed by atoms with Gasteiger partial charge in [-0.25, -0.2) is 9.59 Å². The fraction of sp³-hybridized carbons (Fsp3) is 0.429. The van der Waals surface area contributed by atoms with E-state index in [1.807, 2.05) is 11.8 Å². The molecule has 2 atom stereocenters. The first-order valence-corrected chi connectivity index (χ1v) is 8.34. The number of carbonyl (C=O) groups is 2. The summed E-state index contributed by atoms with van der Waals surface area (Å²) in [6, 6.07) is 4.39. The largest absolute Gasteiger partial charge is 0.478 e. The fourth-order valence-electron chi connectivity index (χ4n) is 2.29. The second-order valence-corrected chi connectivity index (χ2v) is 7.83. The lowest BCUT2D eigenvalue weighted by Crippen LogP contribution is -2.46. The van der Waals surface area contributed by atoms with E-state index in [1.165, 1.54) is 12.1 Å². The van der Waals surface area contributed by atoms with Crippen LogP contribution in [0.15, 0.2) is 22.7 Å². The maximum atomic E-state index is 12.3. The number of anilines is 1. The topological polar surface area (TPSA) is 69.6 Å². The third-order valence-corrected chi connectivity index (χ3v) is 5.05. The van der Waals surface area contributed by atoms with Gasteiger partial charge in [-0.2, -0.15) is 11.8 Å². The van der Waals surface area contributed by atoms with E-state index in [2.05, 4.69) is 35.1 Å². The molecule has 2 N–H and O–H groups in total. The Balaban J connectivity index is 2.07. The number of aromatic carboxylic acids is 1. The molecule has 1 saturated heterocycles. The minimum Gasteiger partial charge on any atom is -0.478 e. The van der Waals surface area contributed by atoms with E-state index in [0.717, 1.165) is 0 Å². The molecule has 0 aromatic heterocycles. The summed E-state index contributed by atoms with van der Waals surface area (Å²) in [7, 11) is 0. The van der Waals surface area contributed by atoms with Crippen molar-refractivity contribution in [1.29, 1.82) is 0 Å². The molecule has 0 radical (unpaired) electrons. The number of carbonyl (C=O) groups excluding carboxylic acids is 1. The summed E-state index contributed by atoms with van der Waals surface area (Å²) >= 11 is 5.17. The van der Waals surface area contributed by atoms with Crippen molar-refractivity contribution in [2.45, 2.75) is 24.3 Å². The lowest BCUT2D eigenvalue weighted by Gasteiger charge is -2.34. The molecular formula is C14H17BrN2O3S. The van der Waals surface area contributed by atoms with Gasteiger partial charge in [0.15, 0.2) is 0 Å². The molecule has 2 amide bonds. The maximum Gasteiger partial charge on any atom is 0.335 e. The van der Waals surface area contributed by atoms with Gasteiger partial charge in [0.1, 0.15) is 0 Å². The molecule has 0 aliphatic carbocycles. The first kappa shape index (κ1) is 16.2. The quantitative estimate of drug-likeness (QED) is 0.833. The van der Waals surface area contributed by atoms with Crippen LogP contribution in [0.5, 0.6) is 0 Å². The van der Waals surface area contributed by atoms with Gasteiger partial charge in [0.05, 0.1) is 11.3 Å². The van der Waals surface area contributed by atoms with E-state index in [9.17, 15) is 9.59 Å². The normalized spacial score (nSPS) is 22.0. The van der Waals surface area contributed by atoms with Gasteiger partial charge < -0.3 is 15.3 Å². The minimum atomic E-state index is -0.996. The van der Waals surface area contributed by atoms with Gasteiger partial charge in [0, 0.05) is 28.1 Å². The van der Waals surface area contributed by atoms with Crippen molar-refractivity contribution >= 4 is 45.4 Å². The summed E-state index contributed by atoms with van der Waals surface area (Å²) in [5.74, 6) is -0.996. The van der Waals surface area contributed by atoms with E-state index in [4.69, 9.17) is 5.11 Å². The molecular weight excluding hydrogens is 356 g/mol. The molecule has 2 rings (SSSR count). The number of thioether (sulfide) groups is 1. The van der Waals surface area contributed by atoms with Crippen molar-refractivity contribution in [3.05, 3.63) is 28.2 Å². The SMILES string of the molecule is CC1CN(C(=O)Nc2ccc(C(=O)O)cc2Br)CC(C)S1. The van der Waals surface area contributed by atoms with Crippen molar-refractivity contribution in [2.75, 3.05) is 18.4 Å². The van der Waals surface area contributed by atoms with Gasteiger partial charge in [0.2, 0.25) is 0 Å². The molecule has 1 aliphatic rings. The molecule has 114 valence electrons. The van der Waals surface area contributed by atoms with Crippen molar-refractivity contribution in [2.24, 2.45) is 0 Å². The van der Waals surface area contributed by atoms with Crippen molar-refractivity contribution in [3.8, 4) is 0 Å². The lowest BCUT2D eigenvalue weighted by molar-refractivity contribution is 0.0697. The average molecular weight is 373 g/mol. The third kappa shape index (κ3) is 4.14. The van der Waals surface area contributed by atoms with E-state index in [0.29, 0.717) is 33.7 Å². The minimum absolute atomic E-state index is 0.155. The molecule has 2 unspecified atom stereocenters. The number of hydrogen-bond acceptors (Lipinski definition) is 3. The number of carboxylic acids is 1. The monoisotopic (exact) mass is 372 g/mol. The van der Waals surface area contributed by atoms with Crippen LogP contribution in [-0.4, -0.2) is 45.6 Å². The number of benzene rings is 1. The van der Waals surface area contributed by atoms with Gasteiger partial charge in [-0.15, -0.1) is 0 Å². The molecule has 7 heteroatoms. The first-order chi connectivity index (χ1) is 9.86. The van der Waals surface area contributed by atoms with E-state index >= 15 is 0 Å². The number of halogens is 1. The Morgan fingerprint density at radius 2 is 1.95 bits per heavy atom. The van der Waals surface area contributed by atoms with Gasteiger partial charge >= 0.3 is 12.0 Å². The third-order valence-electron chi connectivity index (χ3n) is 3.16. The Morgan fingerprint density at radius 3 is 2.48 bits per heavy atom. The highest BCUT2D eigenvalue weighted by atomic mass is 79.9. The second kappa shape index (κ2) is 6.70. The zero-order valence-electron chi connectivity index (χ0n) is 11.8. The van der Waals surface area contributed by atoms with E-state index < -0.39 is 5.97 Å². The Labute approximate surface area is 136 Å². The standard InChI is InChI=1S/C14H17BrN2O3S/c1-8-6-17(7-9(2)21-8)14(20)16-12-4-3-10(13(18)19)5-11(12)15/h3-5,8-9H,6-7H2,1-2H3,(H,16,20)(H,18,19). The van der Waals surface area contributed by atoms with Gasteiger partial charge in [-0.1, -0.05) is 13.8 Å². The van der Waals surface area contributed by atoms with Crippen LogP contribution < -0.4 is 5.32 Å². The number of carboxylic acid groups (broad SMARTS) is 1. The van der Waals surface area contributed by atoms with Crippen molar-refractivity contribution < 1.29 is 14.7 Å². The van der Waals surface area contributed by atoms with Crippen LogP contribution in [0, 0.1) is 0 Å². The highest BCUT2D eigenvalue weighted by Crippen LogP contribution is 2.27. The van der Waals surface area contributed by atoms with Gasteiger partial charge in [0.25, 0.3) is 0 Å². The summed E-state index contributed by atoms with van der Waals surface area (Å²) in [4.78, 5) is 25.0. The number of nitrogens with one attached hydrogen (secondary N) is 1. The Morgan fingerprint density at radius 1 is 1.33 bits per heavy atom. The molecule has 1 aromatic carbocycles. The van der Waals surface area contributed by atoms with Crippen LogP contribution >= 0.6 is 27.7 Å². The molecule has 1 aromatic rings. The van der Waals surface area contributed by atoms with Gasteiger partial charge in [-0.05, 0) is 34.1 Å². The lowest BCUT2D eigenvalue weighted by atomic mass is 10.2. The summed E-state index contributed by atoms with van der Waals surface area (Å²) in [6.07, 6.45) is 0. The molecule has 1 heterocycles. The van der Waals surface area contributed by atoms with Crippen molar-refractivity contribution in [3.63, 3.8) is 0 Å². The van der Waals surface area contributed by atoms with Crippen LogP contribution in [0.1, 0.15) is 24.2 Å². The second-order valence-electron chi connectivity index (χ2n) is 5.09. The Hall–Kier alpha value is -1.21. The van der Waals surface area contributed by atoms with Crippen molar-refractivity contribution in [1.82, 2.24) is 4.90 Å². The zero-order chi connectivity index (χ0) is 15.6. The van der Waals surface area contributed by atoms with E-state index in [1.54, 1.807) is 11.0 Å². The molecule has 5 nitrogen and oxygen atoms in total. The molecule has 0 spiro atoms. The Bertz CT molecular complexity index is 557. The summed E-state index contributed by atoms with van der Waals surface area (Å²) in [5.41, 5.74) is 0.750. The average Bonchev–Trinajstić information content (AvgIpc) is 2.39. The van der Waals surface area contributed by atoms with Crippen LogP contribution in [-0.2, 0) is 0 Å². The zero-order valence-corrected chi connectivity index (χ0v) is 14.2.